The minimum Gasteiger partial charge on any atom is -0.459 e. The molecule has 5 nitrogen and oxygen atoms in total. The van der Waals surface area contributed by atoms with Crippen molar-refractivity contribution >= 4 is 33.6 Å². The van der Waals surface area contributed by atoms with Crippen LogP contribution in [0.1, 0.15) is 50.3 Å². The van der Waals surface area contributed by atoms with Gasteiger partial charge in [-0.3, -0.25) is 9.69 Å². The van der Waals surface area contributed by atoms with Gasteiger partial charge in [-0.1, -0.05) is 6.07 Å². The third-order valence-corrected chi connectivity index (χ3v) is 8.32. The van der Waals surface area contributed by atoms with Gasteiger partial charge in [-0.05, 0) is 61.9 Å². The maximum atomic E-state index is 12.9. The maximum Gasteiger partial charge on any atom is 0.291 e. The Bertz CT molecular complexity index is 986. The third-order valence-electron chi connectivity index (χ3n) is 6.17. The lowest BCUT2D eigenvalue weighted by Crippen LogP contribution is -2.46. The Morgan fingerprint density at radius 2 is 1.97 bits per heavy atom. The predicted molar refractivity (Wildman–Crippen MR) is 123 cm³/mol. The van der Waals surface area contributed by atoms with E-state index in [-0.39, 0.29) is 11.9 Å². The van der Waals surface area contributed by atoms with Crippen LogP contribution in [0.15, 0.2) is 40.3 Å². The second-order valence-electron chi connectivity index (χ2n) is 8.14. The zero-order valence-corrected chi connectivity index (χ0v) is 18.9. The average molecular weight is 442 g/mol. The van der Waals surface area contributed by atoms with Crippen LogP contribution < -0.4 is 5.32 Å². The van der Waals surface area contributed by atoms with E-state index < -0.39 is 0 Å². The Balaban J connectivity index is 1.57. The van der Waals surface area contributed by atoms with E-state index in [1.54, 1.807) is 29.7 Å². The number of aryl methyl sites for hydroxylation is 1. The third kappa shape index (κ3) is 3.87. The van der Waals surface area contributed by atoms with Crippen molar-refractivity contribution in [2.45, 2.75) is 31.7 Å². The van der Waals surface area contributed by atoms with Crippen molar-refractivity contribution in [3.05, 3.63) is 62.6 Å². The van der Waals surface area contributed by atoms with Crippen LogP contribution in [0.4, 0.5) is 5.00 Å². The first-order valence-electron chi connectivity index (χ1n) is 10.7. The molecule has 3 aromatic rings. The van der Waals surface area contributed by atoms with Crippen molar-refractivity contribution in [1.29, 1.82) is 0 Å². The molecule has 0 aromatic carbocycles. The summed E-state index contributed by atoms with van der Waals surface area (Å²) in [6, 6.07) is 8.07. The molecule has 1 aliphatic carbocycles. The molecule has 0 bridgehead atoms. The molecule has 0 radical (unpaired) electrons. The summed E-state index contributed by atoms with van der Waals surface area (Å²) in [5, 5.41) is 6.38. The smallest absolute Gasteiger partial charge is 0.291 e. The van der Waals surface area contributed by atoms with Crippen LogP contribution >= 0.6 is 22.7 Å². The number of carbonyl (C=O) groups is 1. The number of carbonyl (C=O) groups excluding carboxylic acids is 1. The highest BCUT2D eigenvalue weighted by Crippen LogP contribution is 2.46. The first-order valence-corrected chi connectivity index (χ1v) is 12.4. The van der Waals surface area contributed by atoms with Crippen LogP contribution in [0, 0.1) is 0 Å². The first kappa shape index (κ1) is 20.0. The summed E-state index contributed by atoms with van der Waals surface area (Å²) < 4.78 is 5.35. The van der Waals surface area contributed by atoms with E-state index in [4.69, 9.17) is 4.42 Å². The number of anilines is 1. The largest absolute Gasteiger partial charge is 0.459 e. The van der Waals surface area contributed by atoms with Gasteiger partial charge >= 0.3 is 0 Å². The summed E-state index contributed by atoms with van der Waals surface area (Å²) in [6.07, 6.45) is 6.23. The molecule has 1 amide bonds. The molecule has 158 valence electrons. The number of likely N-dealkylation sites (N-methyl/N-ethyl adjacent to an activating group) is 1. The van der Waals surface area contributed by atoms with Crippen LogP contribution in [0.5, 0.6) is 0 Å². The van der Waals surface area contributed by atoms with E-state index >= 15 is 0 Å². The summed E-state index contributed by atoms with van der Waals surface area (Å²) in [5.74, 6) is 0.197. The fraction of sp³-hybridized carbons (Fsp3) is 0.435. The second-order valence-corrected chi connectivity index (χ2v) is 10.2. The summed E-state index contributed by atoms with van der Waals surface area (Å²) in [7, 11) is 2.19. The van der Waals surface area contributed by atoms with Gasteiger partial charge in [0.1, 0.15) is 5.00 Å². The quantitative estimate of drug-likeness (QED) is 0.614. The SMILES string of the molecule is CN1CCN([C@@H](c2cccs2)c2c(NC(=O)c3ccco3)sc3c2CCCC3)CC1. The van der Waals surface area contributed by atoms with E-state index in [1.807, 2.05) is 11.3 Å². The standard InChI is InChI=1S/C23H27N3O2S2/c1-25-10-12-26(13-11-25)21(19-9-5-15-29-19)20-16-6-2-3-8-18(16)30-23(20)24-22(27)17-7-4-14-28-17/h4-5,7,9,14-15,21H,2-3,6,8,10-13H2,1H3,(H,24,27)/t21-/m0/s1. The minimum atomic E-state index is -0.164. The molecule has 1 aliphatic heterocycles. The van der Waals surface area contributed by atoms with Gasteiger partial charge < -0.3 is 14.6 Å². The van der Waals surface area contributed by atoms with E-state index in [2.05, 4.69) is 39.7 Å². The zero-order valence-electron chi connectivity index (χ0n) is 17.2. The molecule has 1 fully saturated rings. The highest BCUT2D eigenvalue weighted by Gasteiger charge is 2.34. The molecule has 30 heavy (non-hydrogen) atoms. The monoisotopic (exact) mass is 441 g/mol. The number of furan rings is 1. The van der Waals surface area contributed by atoms with Crippen LogP contribution in [-0.2, 0) is 12.8 Å². The van der Waals surface area contributed by atoms with E-state index in [1.165, 1.54) is 33.7 Å². The Morgan fingerprint density at radius 1 is 1.13 bits per heavy atom. The molecule has 1 N–H and O–H groups in total. The minimum absolute atomic E-state index is 0.164. The number of thiophene rings is 2. The molecule has 4 heterocycles. The van der Waals surface area contributed by atoms with Crippen molar-refractivity contribution in [1.82, 2.24) is 9.80 Å². The highest BCUT2D eigenvalue weighted by atomic mass is 32.1. The van der Waals surface area contributed by atoms with Crippen molar-refractivity contribution in [2.75, 3.05) is 38.5 Å². The normalized spacial score (nSPS) is 18.8. The highest BCUT2D eigenvalue weighted by molar-refractivity contribution is 7.16. The van der Waals surface area contributed by atoms with Crippen molar-refractivity contribution in [2.24, 2.45) is 0 Å². The summed E-state index contributed by atoms with van der Waals surface area (Å²) in [5.41, 5.74) is 2.79. The summed E-state index contributed by atoms with van der Waals surface area (Å²) >= 11 is 3.59. The molecular weight excluding hydrogens is 414 g/mol. The van der Waals surface area contributed by atoms with Gasteiger partial charge in [0.2, 0.25) is 0 Å². The predicted octanol–water partition coefficient (Wildman–Crippen LogP) is 4.87. The van der Waals surface area contributed by atoms with Gasteiger partial charge in [0.15, 0.2) is 5.76 Å². The van der Waals surface area contributed by atoms with Crippen molar-refractivity contribution in [3.63, 3.8) is 0 Å². The van der Waals surface area contributed by atoms with Crippen molar-refractivity contribution in [3.8, 4) is 0 Å². The van der Waals surface area contributed by atoms with Crippen LogP contribution in [0.25, 0.3) is 0 Å². The Hall–Kier alpha value is -1.93. The van der Waals surface area contributed by atoms with Gasteiger partial charge in [-0.2, -0.15) is 0 Å². The zero-order chi connectivity index (χ0) is 20.5. The molecule has 0 saturated carbocycles. The molecule has 3 aromatic heterocycles. The van der Waals surface area contributed by atoms with Crippen LogP contribution in [0.2, 0.25) is 0 Å². The summed E-state index contributed by atoms with van der Waals surface area (Å²) in [6.45, 7) is 4.22. The van der Waals surface area contributed by atoms with Gasteiger partial charge in [0, 0.05) is 41.5 Å². The second kappa shape index (κ2) is 8.67. The summed E-state index contributed by atoms with van der Waals surface area (Å²) in [4.78, 5) is 20.7. The molecule has 0 spiro atoms. The number of nitrogens with zero attached hydrogens (tertiary/aromatic N) is 2. The topological polar surface area (TPSA) is 48.7 Å². The van der Waals surface area contributed by atoms with Crippen LogP contribution in [-0.4, -0.2) is 48.9 Å². The van der Waals surface area contributed by atoms with Gasteiger partial charge in [-0.25, -0.2) is 0 Å². The number of hydrogen-bond donors (Lipinski definition) is 1. The van der Waals surface area contributed by atoms with Gasteiger partial charge in [0.05, 0.1) is 12.3 Å². The van der Waals surface area contributed by atoms with E-state index in [0.29, 0.717) is 5.76 Å². The molecular formula is C23H27N3O2S2. The lowest BCUT2D eigenvalue weighted by molar-refractivity contribution is 0.0996. The van der Waals surface area contributed by atoms with Gasteiger partial charge in [-0.15, -0.1) is 22.7 Å². The Kier molecular flexibility index (Phi) is 5.78. The number of rotatable bonds is 5. The Morgan fingerprint density at radius 3 is 2.70 bits per heavy atom. The number of fused-ring (bicyclic) bond motifs is 1. The van der Waals surface area contributed by atoms with Crippen molar-refractivity contribution < 1.29 is 9.21 Å². The molecule has 7 heteroatoms. The number of piperazine rings is 1. The molecule has 2 aliphatic rings. The molecule has 1 atom stereocenters. The Labute approximate surface area is 185 Å². The van der Waals surface area contributed by atoms with Crippen LogP contribution in [0.3, 0.4) is 0 Å². The first-order chi connectivity index (χ1) is 14.7. The lowest BCUT2D eigenvalue weighted by Gasteiger charge is -2.38. The fourth-order valence-corrected chi connectivity index (χ4v) is 6.76. The molecule has 1 saturated heterocycles. The molecule has 0 unspecified atom stereocenters. The maximum absolute atomic E-state index is 12.9. The molecule has 5 rings (SSSR count). The number of nitrogens with one attached hydrogen (secondary N) is 1. The number of hydrogen-bond acceptors (Lipinski definition) is 6. The van der Waals surface area contributed by atoms with E-state index in [0.717, 1.165) is 44.0 Å². The van der Waals surface area contributed by atoms with E-state index in [9.17, 15) is 4.79 Å². The fourth-order valence-electron chi connectivity index (χ4n) is 4.58. The lowest BCUT2D eigenvalue weighted by atomic mass is 9.91. The average Bonchev–Trinajstić information content (AvgIpc) is 3.52. The number of amides is 1. The van der Waals surface area contributed by atoms with Gasteiger partial charge in [0.25, 0.3) is 5.91 Å².